The molecule has 1 saturated heterocycles. The molecule has 1 fully saturated rings. The number of amides is 2. The van der Waals surface area contributed by atoms with Gasteiger partial charge in [-0.25, -0.2) is 9.79 Å². The van der Waals surface area contributed by atoms with Gasteiger partial charge in [-0.1, -0.05) is 30.3 Å². The number of hydrogen-bond donors (Lipinski definition) is 3. The Bertz CT molecular complexity index is 1000. The molecule has 2 amide bonds. The number of piperazine rings is 1. The number of guanidine groups is 1. The van der Waals surface area contributed by atoms with Crippen molar-refractivity contribution in [3.05, 3.63) is 65.7 Å². The number of nitrogens with zero attached hydrogens (tertiary/aromatic N) is 3. The summed E-state index contributed by atoms with van der Waals surface area (Å²) in [5, 5.41) is 11.1. The van der Waals surface area contributed by atoms with Crippen molar-refractivity contribution >= 4 is 29.6 Å². The Balaban J connectivity index is 1.44. The minimum absolute atomic E-state index is 0.0729. The second kappa shape index (κ2) is 12.4. The van der Waals surface area contributed by atoms with E-state index in [-0.39, 0.29) is 24.9 Å². The Morgan fingerprint density at radius 3 is 2.32 bits per heavy atom. The normalized spacial score (nSPS) is 14.5. The average molecular weight is 468 g/mol. The highest BCUT2D eigenvalue weighted by atomic mass is 16.5. The van der Waals surface area contributed by atoms with Crippen molar-refractivity contribution in [2.75, 3.05) is 32.7 Å². The van der Waals surface area contributed by atoms with Crippen LogP contribution in [-0.4, -0.2) is 71.6 Å². The Morgan fingerprint density at radius 1 is 1.00 bits per heavy atom. The maximum Gasteiger partial charge on any atom is 0.414 e. The summed E-state index contributed by atoms with van der Waals surface area (Å²) in [5.74, 6) is -0.977. The number of nitrogens with two attached hydrogens (primary N) is 1. The number of aliphatic imine (C=N–C) groups is 1. The van der Waals surface area contributed by atoms with Crippen LogP contribution in [-0.2, 0) is 16.1 Å². The van der Waals surface area contributed by atoms with Crippen molar-refractivity contribution in [3.8, 4) is 0 Å². The summed E-state index contributed by atoms with van der Waals surface area (Å²) in [6, 6.07) is 15.9. The molecular formula is C24H29N5O5. The molecule has 0 bridgehead atoms. The molecule has 0 unspecified atom stereocenters. The van der Waals surface area contributed by atoms with Crippen LogP contribution in [0.4, 0.5) is 10.5 Å². The first kappa shape index (κ1) is 24.7. The maximum atomic E-state index is 12.8. The Labute approximate surface area is 198 Å². The summed E-state index contributed by atoms with van der Waals surface area (Å²) in [6.07, 6.45) is 0.0515. The number of hydrogen-bond acceptors (Lipinski definition) is 6. The first-order valence-electron chi connectivity index (χ1n) is 11.1. The predicted molar refractivity (Wildman–Crippen MR) is 127 cm³/mol. The van der Waals surface area contributed by atoms with Crippen LogP contribution in [0.2, 0.25) is 0 Å². The Hall–Kier alpha value is -3.92. The third kappa shape index (κ3) is 7.89. The highest BCUT2D eigenvalue weighted by Gasteiger charge is 2.22. The third-order valence-corrected chi connectivity index (χ3v) is 5.33. The zero-order valence-electron chi connectivity index (χ0n) is 18.9. The number of nitrogens with one attached hydrogen (secondary N) is 1. The van der Waals surface area contributed by atoms with E-state index >= 15 is 0 Å². The standard InChI is InChI=1S/C24H29N5O5/c25-23(27-24(33)34-17-18-5-2-1-3-6-18)26-20-10-8-19(9-11-20)22(32)29-15-13-28(14-16-29)12-4-7-21(30)31/h1-3,5-6,8-11H,4,7,12-17H2,(H,30,31)(H3,25,26,27,33). The molecule has 0 saturated carbocycles. The first-order valence-corrected chi connectivity index (χ1v) is 11.1. The molecule has 2 aromatic carbocycles. The zero-order valence-corrected chi connectivity index (χ0v) is 18.9. The van der Waals surface area contributed by atoms with Crippen molar-refractivity contribution in [2.24, 2.45) is 10.7 Å². The Morgan fingerprint density at radius 2 is 1.68 bits per heavy atom. The van der Waals surface area contributed by atoms with Crippen LogP contribution in [0.5, 0.6) is 0 Å². The molecule has 0 aromatic heterocycles. The van der Waals surface area contributed by atoms with Crippen molar-refractivity contribution in [1.29, 1.82) is 0 Å². The summed E-state index contributed by atoms with van der Waals surface area (Å²) < 4.78 is 5.10. The minimum Gasteiger partial charge on any atom is -0.481 e. The van der Waals surface area contributed by atoms with Gasteiger partial charge in [0.1, 0.15) is 6.61 Å². The summed E-state index contributed by atoms with van der Waals surface area (Å²) in [5.41, 5.74) is 7.66. The van der Waals surface area contributed by atoms with Crippen molar-refractivity contribution in [1.82, 2.24) is 15.1 Å². The van der Waals surface area contributed by atoms with Gasteiger partial charge in [0, 0.05) is 38.2 Å². The molecule has 10 nitrogen and oxygen atoms in total. The van der Waals surface area contributed by atoms with Crippen LogP contribution in [0.3, 0.4) is 0 Å². The van der Waals surface area contributed by atoms with Crippen molar-refractivity contribution in [2.45, 2.75) is 19.4 Å². The van der Waals surface area contributed by atoms with Crippen LogP contribution in [0, 0.1) is 0 Å². The molecule has 3 rings (SSSR count). The summed E-state index contributed by atoms with van der Waals surface area (Å²) in [6.45, 7) is 3.46. The molecule has 1 aliphatic heterocycles. The van der Waals surface area contributed by atoms with Crippen LogP contribution in [0.25, 0.3) is 0 Å². The molecule has 0 radical (unpaired) electrons. The number of carbonyl (C=O) groups excluding carboxylic acids is 2. The van der Waals surface area contributed by atoms with Gasteiger partial charge in [0.25, 0.3) is 5.91 Å². The highest BCUT2D eigenvalue weighted by molar-refractivity contribution is 5.96. The van der Waals surface area contributed by atoms with E-state index in [1.54, 1.807) is 29.2 Å². The molecule has 0 aliphatic carbocycles. The second-order valence-electron chi connectivity index (χ2n) is 7.86. The molecule has 0 spiro atoms. The molecule has 1 heterocycles. The summed E-state index contributed by atoms with van der Waals surface area (Å²) in [4.78, 5) is 43.4. The van der Waals surface area contributed by atoms with Crippen molar-refractivity contribution in [3.63, 3.8) is 0 Å². The predicted octanol–water partition coefficient (Wildman–Crippen LogP) is 2.18. The fourth-order valence-corrected chi connectivity index (χ4v) is 3.52. The number of benzene rings is 2. The lowest BCUT2D eigenvalue weighted by Crippen LogP contribution is -2.48. The van der Waals surface area contributed by atoms with Gasteiger partial charge in [-0.3, -0.25) is 19.8 Å². The molecule has 34 heavy (non-hydrogen) atoms. The molecule has 10 heteroatoms. The third-order valence-electron chi connectivity index (χ3n) is 5.33. The van der Waals surface area contributed by atoms with E-state index in [9.17, 15) is 14.4 Å². The van der Waals surface area contributed by atoms with E-state index < -0.39 is 12.1 Å². The van der Waals surface area contributed by atoms with E-state index in [2.05, 4.69) is 15.2 Å². The summed E-state index contributed by atoms with van der Waals surface area (Å²) in [7, 11) is 0. The number of alkyl carbamates (subject to hydrolysis) is 1. The van der Waals surface area contributed by atoms with Crippen molar-refractivity contribution < 1.29 is 24.2 Å². The number of ether oxygens (including phenoxy) is 1. The van der Waals surface area contributed by atoms with Crippen LogP contribution >= 0.6 is 0 Å². The number of carboxylic acids is 1. The van der Waals surface area contributed by atoms with Gasteiger partial charge in [-0.05, 0) is 42.8 Å². The van der Waals surface area contributed by atoms with Crippen LogP contribution in [0.15, 0.2) is 59.6 Å². The first-order chi connectivity index (χ1) is 16.4. The van der Waals surface area contributed by atoms with E-state index in [4.69, 9.17) is 15.6 Å². The molecule has 1 aliphatic rings. The molecule has 4 N–H and O–H groups in total. The lowest BCUT2D eigenvalue weighted by molar-refractivity contribution is -0.137. The van der Waals surface area contributed by atoms with E-state index in [0.717, 1.165) is 25.2 Å². The van der Waals surface area contributed by atoms with Gasteiger partial charge in [0.15, 0.2) is 0 Å². The van der Waals surface area contributed by atoms with Gasteiger partial charge in [-0.15, -0.1) is 0 Å². The second-order valence-corrected chi connectivity index (χ2v) is 7.86. The van der Waals surface area contributed by atoms with Gasteiger partial charge in [0.05, 0.1) is 5.69 Å². The van der Waals surface area contributed by atoms with E-state index in [1.807, 2.05) is 30.3 Å². The number of aliphatic carboxylic acids is 1. The molecule has 180 valence electrons. The summed E-state index contributed by atoms with van der Waals surface area (Å²) >= 11 is 0. The van der Waals surface area contributed by atoms with Gasteiger partial charge in [-0.2, -0.15) is 0 Å². The molecular weight excluding hydrogens is 438 g/mol. The van der Waals surface area contributed by atoms with Gasteiger partial charge >= 0.3 is 12.1 Å². The molecule has 2 aromatic rings. The monoisotopic (exact) mass is 467 g/mol. The van der Waals surface area contributed by atoms with Gasteiger partial charge in [0.2, 0.25) is 5.96 Å². The zero-order chi connectivity index (χ0) is 24.3. The SMILES string of the molecule is NC(=Nc1ccc(C(=O)N2CCN(CCCC(=O)O)CC2)cc1)NC(=O)OCc1ccccc1. The van der Waals surface area contributed by atoms with Gasteiger partial charge < -0.3 is 20.5 Å². The maximum absolute atomic E-state index is 12.8. The fraction of sp³-hybridized carbons (Fsp3) is 0.333. The lowest BCUT2D eigenvalue weighted by Gasteiger charge is -2.34. The lowest BCUT2D eigenvalue weighted by atomic mass is 10.1. The smallest absolute Gasteiger partial charge is 0.414 e. The number of carbonyl (C=O) groups is 3. The molecule has 0 atom stereocenters. The van der Waals surface area contributed by atoms with E-state index in [0.29, 0.717) is 30.8 Å². The number of carboxylic acid groups (broad SMARTS) is 1. The quantitative estimate of drug-likeness (QED) is 0.400. The van der Waals surface area contributed by atoms with Crippen LogP contribution in [0.1, 0.15) is 28.8 Å². The number of rotatable bonds is 8. The fourth-order valence-electron chi connectivity index (χ4n) is 3.52. The van der Waals surface area contributed by atoms with E-state index in [1.165, 1.54) is 0 Å². The highest BCUT2D eigenvalue weighted by Crippen LogP contribution is 2.15. The van der Waals surface area contributed by atoms with Crippen LogP contribution < -0.4 is 11.1 Å². The topological polar surface area (TPSA) is 138 Å². The average Bonchev–Trinajstić information content (AvgIpc) is 2.83. The largest absolute Gasteiger partial charge is 0.481 e. The minimum atomic E-state index is -0.790. The Kier molecular flexibility index (Phi) is 8.98.